The summed E-state index contributed by atoms with van der Waals surface area (Å²) in [5, 5.41) is 9.06. The summed E-state index contributed by atoms with van der Waals surface area (Å²) in [6.07, 6.45) is 0. The minimum absolute atomic E-state index is 0.0682. The average Bonchev–Trinajstić information content (AvgIpc) is 2.46. The molecule has 100 valence electrons. The van der Waals surface area contributed by atoms with Gasteiger partial charge in [-0.15, -0.1) is 0 Å². The van der Waals surface area contributed by atoms with E-state index in [9.17, 15) is 0 Å². The molecule has 0 fully saturated rings. The lowest BCUT2D eigenvalue weighted by Gasteiger charge is -2.12. The molecule has 0 heterocycles. The normalized spacial score (nSPS) is 12.2. The smallest absolute Gasteiger partial charge is 0.120 e. The van der Waals surface area contributed by atoms with Gasteiger partial charge in [0.05, 0.1) is 12.6 Å². The molecule has 0 amide bonds. The van der Waals surface area contributed by atoms with E-state index < -0.39 is 0 Å². The summed E-state index contributed by atoms with van der Waals surface area (Å²) in [5.74, 6) is 0.768. The maximum Gasteiger partial charge on any atom is 0.120 e. The van der Waals surface area contributed by atoms with Gasteiger partial charge >= 0.3 is 0 Å². The highest BCUT2D eigenvalue weighted by atomic mass is 16.5. The third-order valence-electron chi connectivity index (χ3n) is 3.14. The van der Waals surface area contributed by atoms with Gasteiger partial charge in [-0.25, -0.2) is 0 Å². The van der Waals surface area contributed by atoms with Crippen molar-refractivity contribution in [2.75, 3.05) is 6.61 Å². The largest absolute Gasteiger partial charge is 0.489 e. The third-order valence-corrected chi connectivity index (χ3v) is 3.14. The first kappa shape index (κ1) is 13.6. The van der Waals surface area contributed by atoms with Gasteiger partial charge in [0.15, 0.2) is 0 Å². The van der Waals surface area contributed by atoms with Crippen molar-refractivity contribution in [3.05, 3.63) is 65.2 Å². The predicted octanol–water partition coefficient (Wildman–Crippen LogP) is 2.57. The molecule has 2 aromatic carbocycles. The molecule has 1 atom stereocenters. The number of aliphatic hydroxyl groups is 1. The number of rotatable bonds is 5. The Balaban J connectivity index is 2.06. The highest BCUT2D eigenvalue weighted by Gasteiger charge is 2.05. The van der Waals surface area contributed by atoms with Crippen molar-refractivity contribution in [2.45, 2.75) is 19.6 Å². The number of hydrogen-bond acceptors (Lipinski definition) is 3. The van der Waals surface area contributed by atoms with Crippen molar-refractivity contribution >= 4 is 0 Å². The molecule has 0 saturated carbocycles. The van der Waals surface area contributed by atoms with Crippen LogP contribution in [-0.2, 0) is 6.61 Å². The molecule has 3 nitrogen and oxygen atoms in total. The molecule has 0 saturated heterocycles. The fourth-order valence-electron chi connectivity index (χ4n) is 1.87. The first-order valence-corrected chi connectivity index (χ1v) is 6.34. The molecule has 0 bridgehead atoms. The number of benzene rings is 2. The first-order valence-electron chi connectivity index (χ1n) is 6.34. The zero-order chi connectivity index (χ0) is 13.7. The number of ether oxygens (including phenoxy) is 1. The van der Waals surface area contributed by atoms with E-state index in [2.05, 4.69) is 19.1 Å². The van der Waals surface area contributed by atoms with E-state index in [1.54, 1.807) is 0 Å². The molecule has 0 aliphatic rings. The van der Waals surface area contributed by atoms with Crippen LogP contribution in [-0.4, -0.2) is 11.7 Å². The third kappa shape index (κ3) is 3.56. The van der Waals surface area contributed by atoms with Gasteiger partial charge in [-0.3, -0.25) is 0 Å². The zero-order valence-corrected chi connectivity index (χ0v) is 11.0. The second-order valence-electron chi connectivity index (χ2n) is 4.58. The van der Waals surface area contributed by atoms with Crippen LogP contribution >= 0.6 is 0 Å². The summed E-state index contributed by atoms with van der Waals surface area (Å²) >= 11 is 0. The fraction of sp³-hybridized carbons (Fsp3) is 0.250. The summed E-state index contributed by atoms with van der Waals surface area (Å²) in [5.41, 5.74) is 9.05. The molecule has 0 aromatic heterocycles. The minimum Gasteiger partial charge on any atom is -0.489 e. The van der Waals surface area contributed by atoms with Crippen molar-refractivity contribution < 1.29 is 9.84 Å². The van der Waals surface area contributed by atoms with E-state index in [0.29, 0.717) is 6.61 Å². The zero-order valence-electron chi connectivity index (χ0n) is 11.0. The van der Waals surface area contributed by atoms with Crippen LogP contribution in [0.5, 0.6) is 5.75 Å². The van der Waals surface area contributed by atoms with E-state index >= 15 is 0 Å². The van der Waals surface area contributed by atoms with Gasteiger partial charge in [0.1, 0.15) is 12.4 Å². The Kier molecular flexibility index (Phi) is 4.55. The summed E-state index contributed by atoms with van der Waals surface area (Å²) < 4.78 is 5.77. The molecule has 0 aliphatic heterocycles. The summed E-state index contributed by atoms with van der Waals surface area (Å²) in [7, 11) is 0. The highest BCUT2D eigenvalue weighted by Crippen LogP contribution is 2.19. The Labute approximate surface area is 113 Å². The van der Waals surface area contributed by atoms with Crippen molar-refractivity contribution in [1.29, 1.82) is 0 Å². The minimum atomic E-state index is -0.359. The van der Waals surface area contributed by atoms with Gasteiger partial charge in [0.2, 0.25) is 0 Å². The monoisotopic (exact) mass is 257 g/mol. The second kappa shape index (κ2) is 6.36. The summed E-state index contributed by atoms with van der Waals surface area (Å²) in [6, 6.07) is 15.3. The maximum absolute atomic E-state index is 9.06. The molecule has 2 aromatic rings. The topological polar surface area (TPSA) is 55.5 Å². The Hall–Kier alpha value is -1.84. The average molecular weight is 257 g/mol. The van der Waals surface area contributed by atoms with Crippen molar-refractivity contribution in [1.82, 2.24) is 0 Å². The fourth-order valence-corrected chi connectivity index (χ4v) is 1.87. The summed E-state index contributed by atoms with van der Waals surface area (Å²) in [6.45, 7) is 2.53. The van der Waals surface area contributed by atoms with Crippen molar-refractivity contribution in [3.8, 4) is 5.75 Å². The SMILES string of the molecule is Cc1ccccc1COc1cccc([C@H](N)CO)c1. The quantitative estimate of drug-likeness (QED) is 0.865. The van der Waals surface area contributed by atoms with Crippen LogP contribution in [0.3, 0.4) is 0 Å². The van der Waals surface area contributed by atoms with E-state index in [1.165, 1.54) is 11.1 Å². The lowest BCUT2D eigenvalue weighted by molar-refractivity contribution is 0.267. The second-order valence-corrected chi connectivity index (χ2v) is 4.58. The van der Waals surface area contributed by atoms with E-state index in [-0.39, 0.29) is 12.6 Å². The van der Waals surface area contributed by atoms with Gasteiger partial charge in [-0.1, -0.05) is 36.4 Å². The molecule has 0 spiro atoms. The molecule has 3 heteroatoms. The standard InChI is InChI=1S/C16H19NO2/c1-12-5-2-3-6-14(12)11-19-15-8-4-7-13(9-15)16(17)10-18/h2-9,16,18H,10-11,17H2,1H3/t16-/m1/s1. The van der Waals surface area contributed by atoms with Crippen LogP contribution in [0.4, 0.5) is 0 Å². The number of nitrogens with two attached hydrogens (primary N) is 1. The van der Waals surface area contributed by atoms with Crippen LogP contribution in [0.15, 0.2) is 48.5 Å². The Bertz CT molecular complexity index is 540. The summed E-state index contributed by atoms with van der Waals surface area (Å²) in [4.78, 5) is 0. The molecule has 19 heavy (non-hydrogen) atoms. The van der Waals surface area contributed by atoms with Crippen LogP contribution in [0, 0.1) is 6.92 Å². The van der Waals surface area contributed by atoms with Crippen LogP contribution in [0.1, 0.15) is 22.7 Å². The molecule has 3 N–H and O–H groups in total. The Morgan fingerprint density at radius 3 is 2.68 bits per heavy atom. The highest BCUT2D eigenvalue weighted by molar-refractivity contribution is 5.31. The lowest BCUT2D eigenvalue weighted by atomic mass is 10.1. The van der Waals surface area contributed by atoms with Gasteiger partial charge in [-0.05, 0) is 35.7 Å². The predicted molar refractivity (Wildman–Crippen MR) is 76.0 cm³/mol. The van der Waals surface area contributed by atoms with Gasteiger partial charge in [-0.2, -0.15) is 0 Å². The maximum atomic E-state index is 9.06. The molecule has 0 aliphatic carbocycles. The molecule has 2 rings (SSSR count). The van der Waals surface area contributed by atoms with Crippen LogP contribution in [0.2, 0.25) is 0 Å². The number of aliphatic hydroxyl groups excluding tert-OH is 1. The van der Waals surface area contributed by atoms with E-state index in [0.717, 1.165) is 11.3 Å². The lowest BCUT2D eigenvalue weighted by Crippen LogP contribution is -2.14. The molecular formula is C16H19NO2. The first-order chi connectivity index (χ1) is 9.20. The Morgan fingerprint density at radius 2 is 1.95 bits per heavy atom. The van der Waals surface area contributed by atoms with E-state index in [1.807, 2.05) is 36.4 Å². The van der Waals surface area contributed by atoms with Crippen molar-refractivity contribution in [3.63, 3.8) is 0 Å². The van der Waals surface area contributed by atoms with Gasteiger partial charge in [0.25, 0.3) is 0 Å². The number of aryl methyl sites for hydroxylation is 1. The molecule has 0 unspecified atom stereocenters. The van der Waals surface area contributed by atoms with E-state index in [4.69, 9.17) is 15.6 Å². The van der Waals surface area contributed by atoms with Gasteiger partial charge < -0.3 is 15.6 Å². The number of hydrogen-bond donors (Lipinski definition) is 2. The Morgan fingerprint density at radius 1 is 1.16 bits per heavy atom. The van der Waals surface area contributed by atoms with Crippen molar-refractivity contribution in [2.24, 2.45) is 5.73 Å². The van der Waals surface area contributed by atoms with Gasteiger partial charge in [0, 0.05) is 0 Å². The molecule has 0 radical (unpaired) electrons. The van der Waals surface area contributed by atoms with Crippen LogP contribution < -0.4 is 10.5 Å². The molecular weight excluding hydrogens is 238 g/mol. The van der Waals surface area contributed by atoms with Crippen LogP contribution in [0.25, 0.3) is 0 Å².